The van der Waals surface area contributed by atoms with Crippen LogP contribution in [0.3, 0.4) is 0 Å². The number of aromatic nitrogens is 1. The number of nitrogens with zero attached hydrogens (tertiary/aromatic N) is 1. The molecule has 0 saturated heterocycles. The molecule has 22 heavy (non-hydrogen) atoms. The van der Waals surface area contributed by atoms with Crippen molar-refractivity contribution in [2.24, 2.45) is 7.05 Å². The Hall–Kier alpha value is -1.97. The quantitative estimate of drug-likeness (QED) is 0.829. The zero-order chi connectivity index (χ0) is 15.8. The first-order chi connectivity index (χ1) is 9.68. The summed E-state index contributed by atoms with van der Waals surface area (Å²) in [5.74, 6) is -2.92. The molecule has 0 aliphatic heterocycles. The van der Waals surface area contributed by atoms with E-state index in [-0.39, 0.29) is 23.8 Å². The zero-order valence-corrected chi connectivity index (χ0v) is 12.7. The summed E-state index contributed by atoms with van der Waals surface area (Å²) in [6, 6.07) is 3.76. The minimum absolute atomic E-state index is 0. The molecule has 10 heteroatoms. The molecule has 0 fully saturated rings. The summed E-state index contributed by atoms with van der Waals surface area (Å²) in [5, 5.41) is 2.29. The molecule has 0 spiro atoms. The van der Waals surface area contributed by atoms with Crippen molar-refractivity contribution < 1.29 is 26.5 Å². The van der Waals surface area contributed by atoms with Gasteiger partial charge in [0.1, 0.15) is 10.6 Å². The molecule has 1 aromatic heterocycles. The SMILES string of the molecule is Cl.Cn1cc(S(=O)(=O)O)cc1C(=O)Nc1ccc(F)c(F)c1. The normalized spacial score (nSPS) is 10.9. The van der Waals surface area contributed by atoms with E-state index in [0.717, 1.165) is 30.5 Å². The number of rotatable bonds is 3. The Kier molecular flexibility index (Phi) is 5.28. The molecule has 1 heterocycles. The van der Waals surface area contributed by atoms with E-state index in [0.29, 0.717) is 0 Å². The lowest BCUT2D eigenvalue weighted by Gasteiger charge is -2.06. The van der Waals surface area contributed by atoms with Crippen molar-refractivity contribution in [3.63, 3.8) is 0 Å². The molecule has 2 N–H and O–H groups in total. The molecule has 2 aromatic rings. The smallest absolute Gasteiger partial charge is 0.296 e. The Morgan fingerprint density at radius 3 is 2.36 bits per heavy atom. The van der Waals surface area contributed by atoms with Gasteiger partial charge in [-0.25, -0.2) is 8.78 Å². The van der Waals surface area contributed by atoms with Crippen LogP contribution in [0.25, 0.3) is 0 Å². The summed E-state index contributed by atoms with van der Waals surface area (Å²) in [4.78, 5) is 11.5. The molecular weight excluding hydrogens is 342 g/mol. The number of hydrogen-bond acceptors (Lipinski definition) is 3. The predicted octanol–water partition coefficient (Wildman–Crippen LogP) is 2.22. The van der Waals surface area contributed by atoms with Gasteiger partial charge in [-0.1, -0.05) is 0 Å². The number of hydrogen-bond donors (Lipinski definition) is 2. The third kappa shape index (κ3) is 3.81. The van der Waals surface area contributed by atoms with E-state index in [1.54, 1.807) is 0 Å². The largest absolute Gasteiger partial charge is 0.345 e. The van der Waals surface area contributed by atoms with Crippen LogP contribution in [0.5, 0.6) is 0 Å². The first-order valence-electron chi connectivity index (χ1n) is 5.59. The number of carbonyl (C=O) groups is 1. The highest BCUT2D eigenvalue weighted by atomic mass is 35.5. The third-order valence-electron chi connectivity index (χ3n) is 2.69. The molecular formula is C12H11ClF2N2O4S. The Labute approximate surface area is 130 Å². The molecule has 0 aliphatic rings. The minimum atomic E-state index is -4.43. The molecule has 0 radical (unpaired) electrons. The maximum atomic E-state index is 13.0. The van der Waals surface area contributed by atoms with E-state index in [1.807, 2.05) is 0 Å². The van der Waals surface area contributed by atoms with Gasteiger partial charge in [-0.2, -0.15) is 8.42 Å². The molecule has 0 atom stereocenters. The number of aryl methyl sites for hydroxylation is 1. The minimum Gasteiger partial charge on any atom is -0.345 e. The standard InChI is InChI=1S/C12H10F2N2O4S.ClH/c1-16-6-8(21(18,19)20)5-11(16)12(17)15-7-2-3-9(13)10(14)4-7;/h2-6H,1H3,(H,15,17)(H,18,19,20);1H. The van der Waals surface area contributed by atoms with Gasteiger partial charge in [-0.05, 0) is 18.2 Å². The lowest BCUT2D eigenvalue weighted by Crippen LogP contribution is -2.15. The van der Waals surface area contributed by atoms with Gasteiger partial charge in [0.25, 0.3) is 16.0 Å². The van der Waals surface area contributed by atoms with E-state index in [9.17, 15) is 22.0 Å². The molecule has 120 valence electrons. The zero-order valence-electron chi connectivity index (χ0n) is 11.1. The molecule has 1 aromatic carbocycles. The number of amides is 1. The lowest BCUT2D eigenvalue weighted by atomic mass is 10.3. The summed E-state index contributed by atoms with van der Waals surface area (Å²) in [6.45, 7) is 0. The summed E-state index contributed by atoms with van der Waals surface area (Å²) in [5.41, 5.74) is -0.0686. The van der Waals surface area contributed by atoms with Gasteiger partial charge in [-0.3, -0.25) is 9.35 Å². The van der Waals surface area contributed by atoms with Gasteiger partial charge in [0.2, 0.25) is 0 Å². The van der Waals surface area contributed by atoms with E-state index in [2.05, 4.69) is 5.32 Å². The molecule has 0 aliphatic carbocycles. The van der Waals surface area contributed by atoms with Crippen molar-refractivity contribution in [2.75, 3.05) is 5.32 Å². The van der Waals surface area contributed by atoms with Crippen molar-refractivity contribution in [1.29, 1.82) is 0 Å². The monoisotopic (exact) mass is 352 g/mol. The molecule has 0 bridgehead atoms. The van der Waals surface area contributed by atoms with Crippen LogP contribution in [0.4, 0.5) is 14.5 Å². The van der Waals surface area contributed by atoms with Crippen LogP contribution in [-0.2, 0) is 17.2 Å². The Morgan fingerprint density at radius 2 is 1.86 bits per heavy atom. The maximum Gasteiger partial charge on any atom is 0.296 e. The van der Waals surface area contributed by atoms with E-state index >= 15 is 0 Å². The fourth-order valence-electron chi connectivity index (χ4n) is 1.67. The highest BCUT2D eigenvalue weighted by molar-refractivity contribution is 7.85. The molecule has 0 saturated carbocycles. The summed E-state index contributed by atoms with van der Waals surface area (Å²) < 4.78 is 57.8. The van der Waals surface area contributed by atoms with Gasteiger partial charge < -0.3 is 9.88 Å². The van der Waals surface area contributed by atoms with Crippen LogP contribution in [-0.4, -0.2) is 23.4 Å². The highest BCUT2D eigenvalue weighted by Crippen LogP contribution is 2.17. The number of carbonyl (C=O) groups excluding carboxylic acids is 1. The number of nitrogens with one attached hydrogen (secondary N) is 1. The average molecular weight is 353 g/mol. The van der Waals surface area contributed by atoms with Gasteiger partial charge in [0, 0.05) is 25.0 Å². The Morgan fingerprint density at radius 1 is 1.23 bits per heavy atom. The highest BCUT2D eigenvalue weighted by Gasteiger charge is 2.18. The fourth-order valence-corrected chi connectivity index (χ4v) is 2.22. The van der Waals surface area contributed by atoms with Gasteiger partial charge >= 0.3 is 0 Å². The van der Waals surface area contributed by atoms with Crippen LogP contribution >= 0.6 is 12.4 Å². The Bertz CT molecular complexity index is 821. The second-order valence-electron chi connectivity index (χ2n) is 4.23. The maximum absolute atomic E-state index is 13.0. The van der Waals surface area contributed by atoms with Crippen LogP contribution in [0.1, 0.15) is 10.5 Å². The van der Waals surface area contributed by atoms with Crippen molar-refractivity contribution >= 4 is 34.1 Å². The van der Waals surface area contributed by atoms with E-state index in [1.165, 1.54) is 11.6 Å². The lowest BCUT2D eigenvalue weighted by molar-refractivity contribution is 0.101. The Balaban J connectivity index is 0.00000242. The first kappa shape index (κ1) is 18.1. The van der Waals surface area contributed by atoms with Gasteiger partial charge in [0.05, 0.1) is 0 Å². The molecule has 1 amide bonds. The van der Waals surface area contributed by atoms with Gasteiger partial charge in [-0.15, -0.1) is 12.4 Å². The van der Waals surface area contributed by atoms with Crippen molar-refractivity contribution in [1.82, 2.24) is 4.57 Å². The first-order valence-corrected chi connectivity index (χ1v) is 7.03. The van der Waals surface area contributed by atoms with Crippen LogP contribution in [0.2, 0.25) is 0 Å². The van der Waals surface area contributed by atoms with Crippen molar-refractivity contribution in [3.8, 4) is 0 Å². The molecule has 0 unspecified atom stereocenters. The summed E-state index contributed by atoms with van der Waals surface area (Å²) in [7, 11) is -3.04. The average Bonchev–Trinajstić information content (AvgIpc) is 2.76. The summed E-state index contributed by atoms with van der Waals surface area (Å²) >= 11 is 0. The van der Waals surface area contributed by atoms with Crippen LogP contribution in [0.15, 0.2) is 35.4 Å². The number of anilines is 1. The second kappa shape index (κ2) is 6.42. The van der Waals surface area contributed by atoms with E-state index in [4.69, 9.17) is 4.55 Å². The predicted molar refractivity (Wildman–Crippen MR) is 76.8 cm³/mol. The summed E-state index contributed by atoms with van der Waals surface area (Å²) in [6.07, 6.45) is 1.05. The molecule has 6 nitrogen and oxygen atoms in total. The second-order valence-corrected chi connectivity index (χ2v) is 5.65. The van der Waals surface area contributed by atoms with Crippen LogP contribution in [0, 0.1) is 11.6 Å². The van der Waals surface area contributed by atoms with E-state index < -0.39 is 32.6 Å². The number of halogens is 3. The third-order valence-corrected chi connectivity index (χ3v) is 3.51. The van der Waals surface area contributed by atoms with Crippen molar-refractivity contribution in [2.45, 2.75) is 4.90 Å². The molecule has 2 rings (SSSR count). The van der Waals surface area contributed by atoms with Crippen LogP contribution < -0.4 is 5.32 Å². The van der Waals surface area contributed by atoms with Gasteiger partial charge in [0.15, 0.2) is 11.6 Å². The van der Waals surface area contributed by atoms with Crippen molar-refractivity contribution in [3.05, 3.63) is 47.8 Å². The fraction of sp³-hybridized carbons (Fsp3) is 0.0833. The topological polar surface area (TPSA) is 88.4 Å². The number of benzene rings is 1.